The van der Waals surface area contributed by atoms with Gasteiger partial charge in [-0.1, -0.05) is 19.1 Å². The van der Waals surface area contributed by atoms with Crippen molar-refractivity contribution in [2.24, 2.45) is 0 Å². The lowest BCUT2D eigenvalue weighted by molar-refractivity contribution is 0.0990. The van der Waals surface area contributed by atoms with Crippen LogP contribution in [0.3, 0.4) is 0 Å². The highest BCUT2D eigenvalue weighted by Gasteiger charge is 2.18. The highest BCUT2D eigenvalue weighted by Crippen LogP contribution is 2.31. The van der Waals surface area contributed by atoms with Crippen LogP contribution in [0.2, 0.25) is 0 Å². The number of carbonyl (C=O) groups excluding carboxylic acids is 2. The Balaban J connectivity index is 1.11. The number of benzene rings is 3. The lowest BCUT2D eigenvalue weighted by atomic mass is 10.0. The molecule has 1 fully saturated rings. The number of ketones is 1. The second kappa shape index (κ2) is 12.3. The number of pyridine rings is 1. The molecule has 9 heteroatoms. The molecule has 0 radical (unpaired) electrons. The van der Waals surface area contributed by atoms with Gasteiger partial charge < -0.3 is 19.7 Å². The van der Waals surface area contributed by atoms with Crippen molar-refractivity contribution in [1.82, 2.24) is 14.8 Å². The molecule has 2 aliphatic rings. The number of halogens is 1. The SMILES string of the molecule is CCN1CCN(Cc2ccc3cc(C(=O)Nc4cc(CC(=O)c5ccc6c(c5)OCCO6)ccc4F)ccc3n2)CC1. The molecule has 8 nitrogen and oxygen atoms in total. The molecule has 1 N–H and O–H groups in total. The zero-order valence-corrected chi connectivity index (χ0v) is 23.6. The normalized spacial score (nSPS) is 15.5. The van der Waals surface area contributed by atoms with E-state index >= 15 is 0 Å². The third-order valence-corrected chi connectivity index (χ3v) is 7.81. The molecule has 0 bridgehead atoms. The van der Waals surface area contributed by atoms with Gasteiger partial charge in [-0.3, -0.25) is 19.5 Å². The Morgan fingerprint density at radius 2 is 1.62 bits per heavy atom. The van der Waals surface area contributed by atoms with Gasteiger partial charge in [0.15, 0.2) is 17.3 Å². The first kappa shape index (κ1) is 27.8. The third-order valence-electron chi connectivity index (χ3n) is 7.81. The van der Waals surface area contributed by atoms with Gasteiger partial charge in [-0.2, -0.15) is 0 Å². The topological polar surface area (TPSA) is 84.0 Å². The molecule has 0 atom stereocenters. The molecule has 3 heterocycles. The summed E-state index contributed by atoms with van der Waals surface area (Å²) in [5, 5.41) is 3.50. The van der Waals surface area contributed by atoms with Crippen LogP contribution >= 0.6 is 0 Å². The zero-order valence-electron chi connectivity index (χ0n) is 23.6. The first-order valence-corrected chi connectivity index (χ1v) is 14.3. The van der Waals surface area contributed by atoms with Crippen LogP contribution < -0.4 is 14.8 Å². The minimum absolute atomic E-state index is 0.0178. The Kier molecular flexibility index (Phi) is 8.12. The number of likely N-dealkylation sites (N-methyl/N-ethyl adjacent to an activating group) is 1. The van der Waals surface area contributed by atoms with Crippen molar-refractivity contribution in [1.29, 1.82) is 0 Å². The van der Waals surface area contributed by atoms with Crippen molar-refractivity contribution in [2.45, 2.75) is 19.9 Å². The molecule has 1 amide bonds. The van der Waals surface area contributed by atoms with Crippen LogP contribution in [-0.4, -0.2) is 72.4 Å². The number of carbonyl (C=O) groups is 2. The molecule has 1 saturated heterocycles. The second-order valence-electron chi connectivity index (χ2n) is 10.6. The maximum absolute atomic E-state index is 14.7. The Bertz CT molecular complexity index is 1630. The number of nitrogens with one attached hydrogen (secondary N) is 1. The van der Waals surface area contributed by atoms with E-state index < -0.39 is 11.7 Å². The first-order chi connectivity index (χ1) is 20.4. The number of anilines is 1. The fraction of sp³-hybridized carbons (Fsp3) is 0.303. The molecule has 216 valence electrons. The van der Waals surface area contributed by atoms with E-state index in [1.54, 1.807) is 36.4 Å². The van der Waals surface area contributed by atoms with Gasteiger partial charge in [0, 0.05) is 55.7 Å². The zero-order chi connectivity index (χ0) is 29.1. The first-order valence-electron chi connectivity index (χ1n) is 14.3. The molecule has 1 aromatic heterocycles. The summed E-state index contributed by atoms with van der Waals surface area (Å²) in [5.74, 6) is -0.0304. The summed E-state index contributed by atoms with van der Waals surface area (Å²) >= 11 is 0. The number of hydrogen-bond donors (Lipinski definition) is 1. The van der Waals surface area contributed by atoms with E-state index in [1.165, 1.54) is 12.1 Å². The summed E-state index contributed by atoms with van der Waals surface area (Å²) in [6.07, 6.45) is 0.0427. The number of nitrogens with zero attached hydrogens (tertiary/aromatic N) is 3. The van der Waals surface area contributed by atoms with Crippen LogP contribution in [0.25, 0.3) is 10.9 Å². The van der Waals surface area contributed by atoms with Crippen molar-refractivity contribution in [3.63, 3.8) is 0 Å². The van der Waals surface area contributed by atoms with Crippen molar-refractivity contribution in [2.75, 3.05) is 51.3 Å². The van der Waals surface area contributed by atoms with E-state index in [9.17, 15) is 14.0 Å². The standard InChI is InChI=1S/C33H33FN4O4/c1-2-37-11-13-38(14-12-37)21-26-7-4-23-19-25(5-9-28(23)35-26)33(40)36-29-17-22(3-8-27(29)34)18-30(39)24-6-10-31-32(20-24)42-16-15-41-31/h3-10,17,19-20H,2,11-16,18,21H2,1H3,(H,36,40). The van der Waals surface area contributed by atoms with Gasteiger partial charge in [0.05, 0.1) is 16.9 Å². The summed E-state index contributed by atoms with van der Waals surface area (Å²) in [6, 6.07) is 18.6. The van der Waals surface area contributed by atoms with Crippen LogP contribution in [0, 0.1) is 5.82 Å². The van der Waals surface area contributed by atoms with Gasteiger partial charge in [0.25, 0.3) is 5.91 Å². The van der Waals surface area contributed by atoms with Gasteiger partial charge in [0.2, 0.25) is 0 Å². The Morgan fingerprint density at radius 1 is 0.857 bits per heavy atom. The molecule has 0 unspecified atom stereocenters. The maximum atomic E-state index is 14.7. The summed E-state index contributed by atoms with van der Waals surface area (Å²) < 4.78 is 25.8. The average Bonchev–Trinajstić information content (AvgIpc) is 3.02. The molecule has 0 saturated carbocycles. The monoisotopic (exact) mass is 568 g/mol. The molecular weight excluding hydrogens is 535 g/mol. The molecule has 0 spiro atoms. The molecule has 4 aromatic rings. The Labute approximate surface area is 244 Å². The van der Waals surface area contributed by atoms with Crippen LogP contribution in [-0.2, 0) is 13.0 Å². The predicted molar refractivity (Wildman–Crippen MR) is 159 cm³/mol. The average molecular weight is 569 g/mol. The van der Waals surface area contributed by atoms with Crippen LogP contribution in [0.15, 0.2) is 66.7 Å². The van der Waals surface area contributed by atoms with E-state index in [0.717, 1.165) is 55.9 Å². The Morgan fingerprint density at radius 3 is 2.43 bits per heavy atom. The van der Waals surface area contributed by atoms with Crippen LogP contribution in [0.1, 0.15) is 38.9 Å². The van der Waals surface area contributed by atoms with Gasteiger partial charge in [-0.25, -0.2) is 4.39 Å². The van der Waals surface area contributed by atoms with Gasteiger partial charge >= 0.3 is 0 Å². The smallest absolute Gasteiger partial charge is 0.255 e. The largest absolute Gasteiger partial charge is 0.486 e. The summed E-state index contributed by atoms with van der Waals surface area (Å²) in [5.41, 5.74) is 3.27. The highest BCUT2D eigenvalue weighted by molar-refractivity contribution is 6.06. The fourth-order valence-electron chi connectivity index (χ4n) is 5.37. The summed E-state index contributed by atoms with van der Waals surface area (Å²) in [6.45, 7) is 9.16. The number of piperazine rings is 1. The van der Waals surface area contributed by atoms with Gasteiger partial charge in [-0.15, -0.1) is 0 Å². The van der Waals surface area contributed by atoms with Gasteiger partial charge in [-0.05, 0) is 66.7 Å². The van der Waals surface area contributed by atoms with Crippen molar-refractivity contribution >= 4 is 28.3 Å². The van der Waals surface area contributed by atoms with Crippen molar-refractivity contribution in [3.05, 3.63) is 94.9 Å². The Hall–Kier alpha value is -4.34. The number of Topliss-reactive ketones (excluding diaryl/α,β-unsaturated/α-hetero) is 1. The van der Waals surface area contributed by atoms with E-state index in [-0.39, 0.29) is 17.9 Å². The number of amides is 1. The minimum Gasteiger partial charge on any atom is -0.486 e. The van der Waals surface area contributed by atoms with Gasteiger partial charge in [0.1, 0.15) is 19.0 Å². The van der Waals surface area contributed by atoms with Crippen LogP contribution in [0.5, 0.6) is 11.5 Å². The van der Waals surface area contributed by atoms with E-state index in [1.807, 2.05) is 18.2 Å². The van der Waals surface area contributed by atoms with E-state index in [0.29, 0.717) is 41.4 Å². The fourth-order valence-corrected chi connectivity index (χ4v) is 5.37. The van der Waals surface area contributed by atoms with E-state index in [2.05, 4.69) is 22.0 Å². The predicted octanol–water partition coefficient (Wildman–Crippen LogP) is 4.96. The molecular formula is C33H33FN4O4. The van der Waals surface area contributed by atoms with Crippen molar-refractivity contribution in [3.8, 4) is 11.5 Å². The number of hydrogen-bond acceptors (Lipinski definition) is 7. The molecule has 2 aliphatic heterocycles. The van der Waals surface area contributed by atoms with Crippen LogP contribution in [0.4, 0.5) is 10.1 Å². The lowest BCUT2D eigenvalue weighted by Gasteiger charge is -2.33. The second-order valence-corrected chi connectivity index (χ2v) is 10.6. The van der Waals surface area contributed by atoms with E-state index in [4.69, 9.17) is 14.5 Å². The molecule has 6 rings (SSSR count). The number of ether oxygens (including phenoxy) is 2. The lowest BCUT2D eigenvalue weighted by Crippen LogP contribution is -2.45. The molecule has 3 aromatic carbocycles. The number of aromatic nitrogens is 1. The number of rotatable bonds is 8. The summed E-state index contributed by atoms with van der Waals surface area (Å²) in [4.78, 5) is 35.7. The quantitative estimate of drug-likeness (QED) is 0.301. The third kappa shape index (κ3) is 6.27. The minimum atomic E-state index is -0.578. The molecule has 0 aliphatic carbocycles. The number of fused-ring (bicyclic) bond motifs is 2. The highest BCUT2D eigenvalue weighted by atomic mass is 19.1. The molecule has 42 heavy (non-hydrogen) atoms. The van der Waals surface area contributed by atoms with Crippen molar-refractivity contribution < 1.29 is 23.5 Å². The summed E-state index contributed by atoms with van der Waals surface area (Å²) in [7, 11) is 0. The maximum Gasteiger partial charge on any atom is 0.255 e.